The van der Waals surface area contributed by atoms with E-state index < -0.39 is 0 Å². The predicted octanol–water partition coefficient (Wildman–Crippen LogP) is 2.52. The summed E-state index contributed by atoms with van der Waals surface area (Å²) in [6.45, 7) is 1.93. The Kier molecular flexibility index (Phi) is 4.30. The molecule has 0 saturated carbocycles. The fourth-order valence-corrected chi connectivity index (χ4v) is 4.11. The standard InChI is InChI=1S/C18H18BrFN4O2/c19-14-10-24(13-3-1-12(20)2-4-13)22-16(14)17(26)23-7-5-18(6-8-23)9-15(25)21-11-18/h1-4,10H,5-9,11H2,(H,21,25). The van der Waals surface area contributed by atoms with Gasteiger partial charge in [0.15, 0.2) is 5.69 Å². The van der Waals surface area contributed by atoms with Gasteiger partial charge in [0.05, 0.1) is 10.2 Å². The highest BCUT2D eigenvalue weighted by Crippen LogP contribution is 2.38. The summed E-state index contributed by atoms with van der Waals surface area (Å²) in [7, 11) is 0. The molecule has 1 aromatic heterocycles. The maximum absolute atomic E-state index is 13.1. The molecule has 8 heteroatoms. The van der Waals surface area contributed by atoms with Gasteiger partial charge in [-0.15, -0.1) is 0 Å². The number of amides is 2. The van der Waals surface area contributed by atoms with Crippen molar-refractivity contribution < 1.29 is 14.0 Å². The second-order valence-electron chi connectivity index (χ2n) is 6.99. The lowest BCUT2D eigenvalue weighted by molar-refractivity contribution is -0.119. The minimum absolute atomic E-state index is 0.00142. The van der Waals surface area contributed by atoms with Crippen molar-refractivity contribution in [3.8, 4) is 5.69 Å². The molecule has 0 atom stereocenters. The van der Waals surface area contributed by atoms with Gasteiger partial charge in [0, 0.05) is 32.3 Å². The van der Waals surface area contributed by atoms with Crippen LogP contribution >= 0.6 is 15.9 Å². The molecular formula is C18H18BrFN4O2. The highest BCUT2D eigenvalue weighted by Gasteiger charge is 2.42. The third-order valence-electron chi connectivity index (χ3n) is 5.27. The van der Waals surface area contributed by atoms with Crippen LogP contribution in [0.2, 0.25) is 0 Å². The van der Waals surface area contributed by atoms with E-state index >= 15 is 0 Å². The molecule has 136 valence electrons. The first-order valence-electron chi connectivity index (χ1n) is 8.53. The fourth-order valence-electron chi connectivity index (χ4n) is 3.66. The maximum Gasteiger partial charge on any atom is 0.275 e. The summed E-state index contributed by atoms with van der Waals surface area (Å²) in [5, 5.41) is 7.27. The largest absolute Gasteiger partial charge is 0.356 e. The number of nitrogens with one attached hydrogen (secondary N) is 1. The molecule has 2 amide bonds. The molecule has 0 aliphatic carbocycles. The fraction of sp³-hybridized carbons (Fsp3) is 0.389. The van der Waals surface area contributed by atoms with Gasteiger partial charge in [-0.25, -0.2) is 9.07 Å². The van der Waals surface area contributed by atoms with Crippen LogP contribution in [0.3, 0.4) is 0 Å². The summed E-state index contributed by atoms with van der Waals surface area (Å²) in [4.78, 5) is 26.2. The summed E-state index contributed by atoms with van der Waals surface area (Å²) in [5.74, 6) is -0.353. The van der Waals surface area contributed by atoms with Gasteiger partial charge in [-0.3, -0.25) is 9.59 Å². The molecule has 4 rings (SSSR count). The number of carbonyl (C=O) groups is 2. The molecule has 1 spiro atoms. The Morgan fingerprint density at radius 1 is 1.23 bits per heavy atom. The van der Waals surface area contributed by atoms with Gasteiger partial charge in [0.25, 0.3) is 5.91 Å². The molecular weight excluding hydrogens is 403 g/mol. The van der Waals surface area contributed by atoms with Crippen molar-refractivity contribution in [2.24, 2.45) is 5.41 Å². The second-order valence-corrected chi connectivity index (χ2v) is 7.85. The average molecular weight is 421 g/mol. The van der Waals surface area contributed by atoms with Crippen LogP contribution in [0.25, 0.3) is 5.69 Å². The van der Waals surface area contributed by atoms with E-state index in [1.54, 1.807) is 27.9 Å². The second kappa shape index (κ2) is 6.50. The number of aromatic nitrogens is 2. The van der Waals surface area contributed by atoms with E-state index in [1.807, 2.05) is 0 Å². The van der Waals surface area contributed by atoms with Gasteiger partial charge in [0.1, 0.15) is 5.82 Å². The third kappa shape index (κ3) is 3.13. The van der Waals surface area contributed by atoms with Crippen molar-refractivity contribution in [1.29, 1.82) is 0 Å². The third-order valence-corrected chi connectivity index (χ3v) is 5.85. The van der Waals surface area contributed by atoms with E-state index in [0.29, 0.717) is 41.9 Å². The molecule has 2 aliphatic heterocycles. The van der Waals surface area contributed by atoms with Crippen LogP contribution < -0.4 is 5.32 Å². The predicted molar refractivity (Wildman–Crippen MR) is 96.4 cm³/mol. The SMILES string of the molecule is O=C1CC2(CCN(C(=O)c3nn(-c4ccc(F)cc4)cc3Br)CC2)CN1. The number of hydrogen-bond donors (Lipinski definition) is 1. The lowest BCUT2D eigenvalue weighted by atomic mass is 9.77. The van der Waals surface area contributed by atoms with Crippen molar-refractivity contribution in [2.75, 3.05) is 19.6 Å². The number of nitrogens with zero attached hydrogens (tertiary/aromatic N) is 3. The van der Waals surface area contributed by atoms with Crippen LogP contribution in [-0.4, -0.2) is 46.1 Å². The molecule has 0 radical (unpaired) electrons. The van der Waals surface area contributed by atoms with E-state index in [-0.39, 0.29) is 23.0 Å². The number of piperidine rings is 1. The number of halogens is 2. The maximum atomic E-state index is 13.1. The lowest BCUT2D eigenvalue weighted by Gasteiger charge is -2.37. The molecule has 3 heterocycles. The van der Waals surface area contributed by atoms with E-state index in [2.05, 4.69) is 26.3 Å². The Balaban J connectivity index is 1.49. The van der Waals surface area contributed by atoms with Gasteiger partial charge in [-0.2, -0.15) is 5.10 Å². The molecule has 26 heavy (non-hydrogen) atoms. The van der Waals surface area contributed by atoms with E-state index in [1.165, 1.54) is 12.1 Å². The molecule has 2 aromatic rings. The Bertz CT molecular complexity index is 857. The first kappa shape index (κ1) is 17.2. The van der Waals surface area contributed by atoms with Gasteiger partial charge in [-0.1, -0.05) is 0 Å². The zero-order valence-corrected chi connectivity index (χ0v) is 15.6. The number of hydrogen-bond acceptors (Lipinski definition) is 3. The lowest BCUT2D eigenvalue weighted by Crippen LogP contribution is -2.44. The van der Waals surface area contributed by atoms with Crippen LogP contribution in [0.4, 0.5) is 4.39 Å². The van der Waals surface area contributed by atoms with Crippen molar-refractivity contribution in [2.45, 2.75) is 19.3 Å². The summed E-state index contributed by atoms with van der Waals surface area (Å²) >= 11 is 3.40. The Morgan fingerprint density at radius 3 is 2.54 bits per heavy atom. The van der Waals surface area contributed by atoms with Crippen LogP contribution in [-0.2, 0) is 4.79 Å². The first-order valence-corrected chi connectivity index (χ1v) is 9.32. The number of benzene rings is 1. The van der Waals surface area contributed by atoms with Crippen LogP contribution in [0.1, 0.15) is 29.8 Å². The normalized spacial score (nSPS) is 19.0. The number of rotatable bonds is 2. The van der Waals surface area contributed by atoms with E-state index in [4.69, 9.17) is 0 Å². The Morgan fingerprint density at radius 2 is 1.92 bits per heavy atom. The molecule has 0 bridgehead atoms. The summed E-state index contributed by atoms with van der Waals surface area (Å²) < 4.78 is 15.2. The zero-order chi connectivity index (χ0) is 18.3. The number of carbonyl (C=O) groups excluding carboxylic acids is 2. The monoisotopic (exact) mass is 420 g/mol. The zero-order valence-electron chi connectivity index (χ0n) is 14.0. The first-order chi connectivity index (χ1) is 12.5. The smallest absolute Gasteiger partial charge is 0.275 e. The highest BCUT2D eigenvalue weighted by molar-refractivity contribution is 9.10. The van der Waals surface area contributed by atoms with Gasteiger partial charge < -0.3 is 10.2 Å². The van der Waals surface area contributed by atoms with Crippen molar-refractivity contribution in [1.82, 2.24) is 20.0 Å². The van der Waals surface area contributed by atoms with Gasteiger partial charge in [0.2, 0.25) is 5.91 Å². The van der Waals surface area contributed by atoms with Crippen LogP contribution in [0.15, 0.2) is 34.9 Å². The van der Waals surface area contributed by atoms with E-state index in [9.17, 15) is 14.0 Å². The molecule has 2 fully saturated rings. The molecule has 2 aliphatic rings. The van der Waals surface area contributed by atoms with E-state index in [0.717, 1.165) is 12.8 Å². The van der Waals surface area contributed by atoms with Crippen LogP contribution in [0, 0.1) is 11.2 Å². The highest BCUT2D eigenvalue weighted by atomic mass is 79.9. The summed E-state index contributed by atoms with van der Waals surface area (Å²) in [6.07, 6.45) is 3.88. The molecule has 0 unspecified atom stereocenters. The van der Waals surface area contributed by atoms with Gasteiger partial charge >= 0.3 is 0 Å². The molecule has 1 N–H and O–H groups in total. The summed E-state index contributed by atoms with van der Waals surface area (Å²) in [6, 6.07) is 5.93. The number of likely N-dealkylation sites (tertiary alicyclic amines) is 1. The van der Waals surface area contributed by atoms with Gasteiger partial charge in [-0.05, 0) is 58.5 Å². The summed E-state index contributed by atoms with van der Waals surface area (Å²) in [5.41, 5.74) is 1.02. The molecule has 2 saturated heterocycles. The Labute approximate surface area is 158 Å². The van der Waals surface area contributed by atoms with Crippen molar-refractivity contribution in [3.63, 3.8) is 0 Å². The molecule has 1 aromatic carbocycles. The minimum atomic E-state index is -0.321. The topological polar surface area (TPSA) is 67.2 Å². The minimum Gasteiger partial charge on any atom is -0.356 e. The van der Waals surface area contributed by atoms with Crippen LogP contribution in [0.5, 0.6) is 0 Å². The van der Waals surface area contributed by atoms with Crippen molar-refractivity contribution >= 4 is 27.7 Å². The van der Waals surface area contributed by atoms with Crippen molar-refractivity contribution in [3.05, 3.63) is 46.4 Å². The average Bonchev–Trinajstić information content (AvgIpc) is 3.19. The Hall–Kier alpha value is -2.22. The quantitative estimate of drug-likeness (QED) is 0.811. The molecule has 6 nitrogen and oxygen atoms in total.